The number of nitriles is 1. The van der Waals surface area contributed by atoms with Gasteiger partial charge in [-0.2, -0.15) is 5.26 Å². The number of hydrogen-bond donors (Lipinski definition) is 0. The normalized spacial score (nSPS) is 11.1. The summed E-state index contributed by atoms with van der Waals surface area (Å²) in [4.78, 5) is 11.8. The van der Waals surface area contributed by atoms with Crippen LogP contribution in [0.1, 0.15) is 5.76 Å². The summed E-state index contributed by atoms with van der Waals surface area (Å²) in [6.07, 6.45) is 1.36. The van der Waals surface area contributed by atoms with Crippen molar-refractivity contribution in [2.24, 2.45) is 0 Å². The van der Waals surface area contributed by atoms with Crippen molar-refractivity contribution >= 4 is 28.0 Å². The fraction of sp³-hybridized carbons (Fsp3) is 0.176. The lowest BCUT2D eigenvalue weighted by molar-refractivity contribution is -0.139. The highest BCUT2D eigenvalue weighted by atomic mass is 79.9. The number of ether oxygens (including phenoxy) is 2. The first kappa shape index (κ1) is 17.0. The van der Waals surface area contributed by atoms with Crippen LogP contribution in [0.2, 0.25) is 0 Å². The Balaban J connectivity index is 2.13. The third kappa shape index (κ3) is 4.81. The molecule has 1 aromatic heterocycles. The van der Waals surface area contributed by atoms with Gasteiger partial charge in [-0.1, -0.05) is 28.1 Å². The van der Waals surface area contributed by atoms with E-state index in [9.17, 15) is 4.79 Å². The molecule has 1 aromatic carbocycles. The molecule has 0 spiro atoms. The summed E-state index contributed by atoms with van der Waals surface area (Å²) in [5, 5.41) is 9.07. The minimum atomic E-state index is -0.703. The van der Waals surface area contributed by atoms with Crippen molar-refractivity contribution in [2.45, 2.75) is 0 Å². The molecular weight excluding hydrogens is 362 g/mol. The van der Waals surface area contributed by atoms with E-state index in [0.29, 0.717) is 11.5 Å². The van der Waals surface area contributed by atoms with Crippen LogP contribution < -0.4 is 0 Å². The zero-order valence-corrected chi connectivity index (χ0v) is 14.0. The summed E-state index contributed by atoms with van der Waals surface area (Å²) >= 11 is 3.37. The number of methoxy groups -OCH3 is 1. The molecule has 0 radical (unpaired) electrons. The Labute approximate surface area is 142 Å². The fourth-order valence-corrected chi connectivity index (χ4v) is 2.04. The Morgan fingerprint density at radius 2 is 2.00 bits per heavy atom. The van der Waals surface area contributed by atoms with Gasteiger partial charge in [0.1, 0.15) is 29.8 Å². The van der Waals surface area contributed by atoms with Crippen LogP contribution in [0.25, 0.3) is 17.4 Å². The monoisotopic (exact) mass is 375 g/mol. The second kappa shape index (κ2) is 8.32. The van der Waals surface area contributed by atoms with E-state index in [1.54, 1.807) is 12.1 Å². The van der Waals surface area contributed by atoms with Crippen LogP contribution in [0.15, 0.2) is 50.9 Å². The number of carbonyl (C=O) groups is 1. The number of esters is 1. The van der Waals surface area contributed by atoms with E-state index < -0.39 is 5.97 Å². The van der Waals surface area contributed by atoms with Crippen LogP contribution in [0, 0.1) is 11.3 Å². The van der Waals surface area contributed by atoms with Crippen molar-refractivity contribution < 1.29 is 18.7 Å². The maximum Gasteiger partial charge on any atom is 0.349 e. The zero-order valence-electron chi connectivity index (χ0n) is 12.4. The number of nitrogens with zero attached hydrogens (tertiary/aromatic N) is 1. The van der Waals surface area contributed by atoms with Crippen LogP contribution in [0.5, 0.6) is 0 Å². The largest absolute Gasteiger partial charge is 0.459 e. The first-order valence-electron chi connectivity index (χ1n) is 6.77. The van der Waals surface area contributed by atoms with Gasteiger partial charge >= 0.3 is 5.97 Å². The van der Waals surface area contributed by atoms with Gasteiger partial charge in [0, 0.05) is 23.2 Å². The third-order valence-corrected chi connectivity index (χ3v) is 3.43. The van der Waals surface area contributed by atoms with Gasteiger partial charge in [-0.3, -0.25) is 0 Å². The van der Waals surface area contributed by atoms with E-state index in [0.717, 1.165) is 10.0 Å². The minimum Gasteiger partial charge on any atom is -0.459 e. The minimum absolute atomic E-state index is 0.0939. The summed E-state index contributed by atoms with van der Waals surface area (Å²) in [6.45, 7) is 0.371. The molecule has 0 saturated carbocycles. The van der Waals surface area contributed by atoms with Crippen LogP contribution in [0.3, 0.4) is 0 Å². The molecule has 5 nitrogen and oxygen atoms in total. The Bertz CT molecular complexity index is 741. The van der Waals surface area contributed by atoms with Crippen molar-refractivity contribution in [1.29, 1.82) is 5.26 Å². The van der Waals surface area contributed by atoms with Gasteiger partial charge in [-0.05, 0) is 24.3 Å². The molecule has 1 heterocycles. The van der Waals surface area contributed by atoms with Gasteiger partial charge in [0.2, 0.25) is 0 Å². The van der Waals surface area contributed by atoms with Crippen molar-refractivity contribution in [2.75, 3.05) is 20.3 Å². The van der Waals surface area contributed by atoms with Crippen LogP contribution in [-0.4, -0.2) is 26.3 Å². The van der Waals surface area contributed by atoms with E-state index in [2.05, 4.69) is 15.9 Å². The SMILES string of the molecule is COCCOC(=O)/C(C#N)=C/c1ccc(-c2ccc(Br)cc2)o1. The van der Waals surface area contributed by atoms with E-state index >= 15 is 0 Å². The molecule has 118 valence electrons. The number of benzene rings is 1. The molecule has 6 heteroatoms. The molecule has 0 saturated heterocycles. The predicted molar refractivity (Wildman–Crippen MR) is 88.3 cm³/mol. The smallest absolute Gasteiger partial charge is 0.349 e. The number of hydrogen-bond acceptors (Lipinski definition) is 5. The quantitative estimate of drug-likeness (QED) is 0.332. The number of carbonyl (C=O) groups excluding carboxylic acids is 1. The van der Waals surface area contributed by atoms with Crippen molar-refractivity contribution in [3.8, 4) is 17.4 Å². The van der Waals surface area contributed by atoms with E-state index in [1.165, 1.54) is 13.2 Å². The molecule has 0 aliphatic carbocycles. The number of halogens is 1. The highest BCUT2D eigenvalue weighted by molar-refractivity contribution is 9.10. The summed E-state index contributed by atoms with van der Waals surface area (Å²) in [5.74, 6) is 0.350. The Morgan fingerprint density at radius 3 is 2.65 bits per heavy atom. The summed E-state index contributed by atoms with van der Waals surface area (Å²) in [5.41, 5.74) is 0.770. The van der Waals surface area contributed by atoms with Crippen molar-refractivity contribution in [3.63, 3.8) is 0 Å². The highest BCUT2D eigenvalue weighted by Crippen LogP contribution is 2.25. The molecule has 0 N–H and O–H groups in total. The molecule has 0 atom stereocenters. The average molecular weight is 376 g/mol. The van der Waals surface area contributed by atoms with Gasteiger partial charge < -0.3 is 13.9 Å². The number of furan rings is 1. The lowest BCUT2D eigenvalue weighted by Gasteiger charge is -2.02. The third-order valence-electron chi connectivity index (χ3n) is 2.90. The van der Waals surface area contributed by atoms with Gasteiger partial charge in [0.25, 0.3) is 0 Å². The molecule has 0 aliphatic rings. The van der Waals surface area contributed by atoms with Gasteiger partial charge in [0.15, 0.2) is 0 Å². The highest BCUT2D eigenvalue weighted by Gasteiger charge is 2.12. The topological polar surface area (TPSA) is 72.5 Å². The van der Waals surface area contributed by atoms with E-state index in [-0.39, 0.29) is 18.8 Å². The molecule has 0 fully saturated rings. The molecular formula is C17H14BrNO4. The fourth-order valence-electron chi connectivity index (χ4n) is 1.77. The van der Waals surface area contributed by atoms with Crippen LogP contribution >= 0.6 is 15.9 Å². The van der Waals surface area contributed by atoms with E-state index in [1.807, 2.05) is 30.3 Å². The van der Waals surface area contributed by atoms with Crippen molar-refractivity contribution in [1.82, 2.24) is 0 Å². The zero-order chi connectivity index (χ0) is 16.7. The Hall–Kier alpha value is -2.36. The Kier molecular flexibility index (Phi) is 6.15. The summed E-state index contributed by atoms with van der Waals surface area (Å²) in [6, 6.07) is 12.9. The van der Waals surface area contributed by atoms with Crippen molar-refractivity contribution in [3.05, 3.63) is 52.2 Å². The molecule has 2 aromatic rings. The standard InChI is InChI=1S/C17H14BrNO4/c1-21-8-9-22-17(20)13(11-19)10-15-6-7-16(23-15)12-2-4-14(18)5-3-12/h2-7,10H,8-9H2,1H3/b13-10+. The lowest BCUT2D eigenvalue weighted by atomic mass is 10.2. The second-order valence-corrected chi connectivity index (χ2v) is 5.42. The summed E-state index contributed by atoms with van der Waals surface area (Å²) in [7, 11) is 1.50. The predicted octanol–water partition coefficient (Wildman–Crippen LogP) is 3.81. The maximum atomic E-state index is 11.8. The van der Waals surface area contributed by atoms with Gasteiger partial charge in [-0.15, -0.1) is 0 Å². The average Bonchev–Trinajstić information content (AvgIpc) is 3.02. The molecule has 2 rings (SSSR count). The second-order valence-electron chi connectivity index (χ2n) is 4.51. The maximum absolute atomic E-state index is 11.8. The molecule has 0 aliphatic heterocycles. The summed E-state index contributed by atoms with van der Waals surface area (Å²) < 4.78 is 16.3. The van der Waals surface area contributed by atoms with Crippen LogP contribution in [0.4, 0.5) is 0 Å². The van der Waals surface area contributed by atoms with Gasteiger partial charge in [0.05, 0.1) is 6.61 Å². The van der Waals surface area contributed by atoms with Crippen LogP contribution in [-0.2, 0) is 14.3 Å². The Morgan fingerprint density at radius 1 is 1.26 bits per heavy atom. The van der Waals surface area contributed by atoms with Gasteiger partial charge in [-0.25, -0.2) is 4.79 Å². The van der Waals surface area contributed by atoms with E-state index in [4.69, 9.17) is 19.2 Å². The molecule has 0 amide bonds. The first-order valence-corrected chi connectivity index (χ1v) is 7.57. The molecule has 0 bridgehead atoms. The molecule has 0 unspecified atom stereocenters. The molecule has 23 heavy (non-hydrogen) atoms. The number of rotatable bonds is 6. The lowest BCUT2D eigenvalue weighted by Crippen LogP contribution is -2.11. The first-order chi connectivity index (χ1) is 11.1.